The topological polar surface area (TPSA) is 46.5 Å². The molecule has 1 aliphatic rings. The lowest BCUT2D eigenvalue weighted by atomic mass is 9.84. The SMILES string of the molecule is COC(=O)C1CC=CC[C@H]1CO. The molecule has 0 heterocycles. The molecule has 0 spiro atoms. The molecule has 0 radical (unpaired) electrons. The molecule has 0 saturated carbocycles. The molecule has 3 heteroatoms. The van der Waals surface area contributed by atoms with Crippen LogP contribution in [0, 0.1) is 11.8 Å². The summed E-state index contributed by atoms with van der Waals surface area (Å²) in [5.41, 5.74) is 0. The van der Waals surface area contributed by atoms with Crippen LogP contribution in [0.1, 0.15) is 12.8 Å². The van der Waals surface area contributed by atoms with E-state index in [-0.39, 0.29) is 24.4 Å². The van der Waals surface area contributed by atoms with Crippen LogP contribution in [0.5, 0.6) is 0 Å². The molecule has 68 valence electrons. The minimum atomic E-state index is -0.210. The smallest absolute Gasteiger partial charge is 0.309 e. The predicted octanol–water partition coefficient (Wildman–Crippen LogP) is 0.734. The van der Waals surface area contributed by atoms with E-state index in [0.717, 1.165) is 6.42 Å². The van der Waals surface area contributed by atoms with E-state index in [0.29, 0.717) is 6.42 Å². The van der Waals surface area contributed by atoms with Gasteiger partial charge in [0.15, 0.2) is 0 Å². The van der Waals surface area contributed by atoms with Crippen LogP contribution in [0.2, 0.25) is 0 Å². The summed E-state index contributed by atoms with van der Waals surface area (Å²) in [6.45, 7) is 0.0596. The maximum absolute atomic E-state index is 11.2. The molecule has 0 fully saturated rings. The highest BCUT2D eigenvalue weighted by Crippen LogP contribution is 2.25. The number of ether oxygens (including phenoxy) is 1. The van der Waals surface area contributed by atoms with Crippen molar-refractivity contribution >= 4 is 5.97 Å². The van der Waals surface area contributed by atoms with Crippen LogP contribution in [0.3, 0.4) is 0 Å². The van der Waals surface area contributed by atoms with Gasteiger partial charge in [-0.3, -0.25) is 4.79 Å². The number of rotatable bonds is 2. The van der Waals surface area contributed by atoms with Crippen LogP contribution in [0.25, 0.3) is 0 Å². The third kappa shape index (κ3) is 1.85. The average molecular weight is 170 g/mol. The van der Waals surface area contributed by atoms with Gasteiger partial charge in [0, 0.05) is 6.61 Å². The van der Waals surface area contributed by atoms with E-state index in [1.807, 2.05) is 12.2 Å². The number of methoxy groups -OCH3 is 1. The third-order valence-corrected chi connectivity index (χ3v) is 2.30. The molecule has 1 unspecified atom stereocenters. The van der Waals surface area contributed by atoms with E-state index < -0.39 is 0 Å². The van der Waals surface area contributed by atoms with Gasteiger partial charge >= 0.3 is 5.97 Å². The molecule has 0 saturated heterocycles. The highest BCUT2D eigenvalue weighted by atomic mass is 16.5. The number of aliphatic hydroxyl groups excluding tert-OH is 1. The number of allylic oxidation sites excluding steroid dienone is 2. The summed E-state index contributed by atoms with van der Waals surface area (Å²) in [5, 5.41) is 8.96. The van der Waals surface area contributed by atoms with Gasteiger partial charge in [-0.2, -0.15) is 0 Å². The Morgan fingerprint density at radius 3 is 2.83 bits per heavy atom. The van der Waals surface area contributed by atoms with E-state index in [4.69, 9.17) is 5.11 Å². The zero-order chi connectivity index (χ0) is 8.97. The molecule has 1 rings (SSSR count). The second-order valence-corrected chi connectivity index (χ2v) is 3.02. The van der Waals surface area contributed by atoms with Crippen molar-refractivity contribution in [1.29, 1.82) is 0 Å². The fourth-order valence-electron chi connectivity index (χ4n) is 1.51. The number of carbonyl (C=O) groups is 1. The first kappa shape index (κ1) is 9.26. The normalized spacial score (nSPS) is 28.5. The first-order valence-corrected chi connectivity index (χ1v) is 4.13. The van der Waals surface area contributed by atoms with Gasteiger partial charge in [-0.25, -0.2) is 0 Å². The van der Waals surface area contributed by atoms with Crippen LogP contribution < -0.4 is 0 Å². The van der Waals surface area contributed by atoms with E-state index in [1.165, 1.54) is 7.11 Å². The lowest BCUT2D eigenvalue weighted by molar-refractivity contribution is -0.148. The van der Waals surface area contributed by atoms with Crippen LogP contribution in [-0.2, 0) is 9.53 Å². The van der Waals surface area contributed by atoms with E-state index in [9.17, 15) is 4.79 Å². The summed E-state index contributed by atoms with van der Waals surface area (Å²) in [4.78, 5) is 11.2. The quantitative estimate of drug-likeness (QED) is 0.491. The van der Waals surface area contributed by atoms with Crippen LogP contribution in [0.15, 0.2) is 12.2 Å². The molecular weight excluding hydrogens is 156 g/mol. The third-order valence-electron chi connectivity index (χ3n) is 2.30. The Labute approximate surface area is 72.0 Å². The zero-order valence-corrected chi connectivity index (χ0v) is 7.19. The Balaban J connectivity index is 2.60. The summed E-state index contributed by atoms with van der Waals surface area (Å²) >= 11 is 0. The average Bonchev–Trinajstić information content (AvgIpc) is 2.16. The summed E-state index contributed by atoms with van der Waals surface area (Å²) in [6.07, 6.45) is 5.43. The van der Waals surface area contributed by atoms with Gasteiger partial charge in [-0.1, -0.05) is 12.2 Å². The number of carbonyl (C=O) groups excluding carboxylic acids is 1. The monoisotopic (exact) mass is 170 g/mol. The Morgan fingerprint density at radius 2 is 2.25 bits per heavy atom. The van der Waals surface area contributed by atoms with E-state index in [1.54, 1.807) is 0 Å². The largest absolute Gasteiger partial charge is 0.469 e. The van der Waals surface area contributed by atoms with Gasteiger partial charge in [0.05, 0.1) is 13.0 Å². The standard InChI is InChI=1S/C9H14O3/c1-12-9(11)8-5-3-2-4-7(8)6-10/h2-3,7-8,10H,4-6H2,1H3/t7-,8?/m0/s1. The van der Waals surface area contributed by atoms with Crippen molar-refractivity contribution in [2.24, 2.45) is 11.8 Å². The Bertz CT molecular complexity index is 186. The molecule has 3 nitrogen and oxygen atoms in total. The molecule has 0 bridgehead atoms. The van der Waals surface area contributed by atoms with Crippen molar-refractivity contribution < 1.29 is 14.6 Å². The Hall–Kier alpha value is -0.830. The highest BCUT2D eigenvalue weighted by Gasteiger charge is 2.28. The second-order valence-electron chi connectivity index (χ2n) is 3.02. The highest BCUT2D eigenvalue weighted by molar-refractivity contribution is 5.73. The molecule has 1 aliphatic carbocycles. The van der Waals surface area contributed by atoms with Gasteiger partial charge in [0.1, 0.15) is 0 Å². The predicted molar refractivity (Wildman–Crippen MR) is 44.5 cm³/mol. The van der Waals surface area contributed by atoms with E-state index in [2.05, 4.69) is 4.74 Å². The summed E-state index contributed by atoms with van der Waals surface area (Å²) < 4.78 is 4.64. The second kappa shape index (κ2) is 4.26. The van der Waals surface area contributed by atoms with Crippen molar-refractivity contribution in [2.45, 2.75) is 12.8 Å². The molecule has 0 aliphatic heterocycles. The number of hydrogen-bond acceptors (Lipinski definition) is 3. The van der Waals surface area contributed by atoms with E-state index >= 15 is 0 Å². The lowest BCUT2D eigenvalue weighted by Gasteiger charge is -2.24. The molecule has 1 N–H and O–H groups in total. The van der Waals surface area contributed by atoms with Crippen LogP contribution in [0.4, 0.5) is 0 Å². The van der Waals surface area contributed by atoms with Crippen LogP contribution >= 0.6 is 0 Å². The Kier molecular flexibility index (Phi) is 3.29. The van der Waals surface area contributed by atoms with Crippen molar-refractivity contribution in [3.05, 3.63) is 12.2 Å². The first-order valence-electron chi connectivity index (χ1n) is 4.13. The number of hydrogen-bond donors (Lipinski definition) is 1. The maximum Gasteiger partial charge on any atom is 0.309 e. The van der Waals surface area contributed by atoms with Gasteiger partial charge < -0.3 is 9.84 Å². The molecule has 0 aromatic heterocycles. The molecule has 0 aromatic rings. The molecule has 0 aromatic carbocycles. The summed E-state index contributed by atoms with van der Waals surface area (Å²) in [6, 6.07) is 0. The fourth-order valence-corrected chi connectivity index (χ4v) is 1.51. The summed E-state index contributed by atoms with van der Waals surface area (Å²) in [7, 11) is 1.38. The lowest BCUT2D eigenvalue weighted by Crippen LogP contribution is -2.28. The van der Waals surface area contributed by atoms with Crippen molar-refractivity contribution in [2.75, 3.05) is 13.7 Å². The fraction of sp³-hybridized carbons (Fsp3) is 0.667. The molecule has 0 amide bonds. The van der Waals surface area contributed by atoms with Gasteiger partial charge in [-0.15, -0.1) is 0 Å². The van der Waals surface area contributed by atoms with Crippen LogP contribution in [-0.4, -0.2) is 24.8 Å². The van der Waals surface area contributed by atoms with Gasteiger partial charge in [-0.05, 0) is 18.8 Å². The molecule has 12 heavy (non-hydrogen) atoms. The van der Waals surface area contributed by atoms with Gasteiger partial charge in [0.2, 0.25) is 0 Å². The van der Waals surface area contributed by atoms with Gasteiger partial charge in [0.25, 0.3) is 0 Å². The van der Waals surface area contributed by atoms with Crippen molar-refractivity contribution in [3.8, 4) is 0 Å². The number of esters is 1. The van der Waals surface area contributed by atoms with Crippen molar-refractivity contribution in [1.82, 2.24) is 0 Å². The molecular formula is C9H14O3. The molecule has 2 atom stereocenters. The van der Waals surface area contributed by atoms with Crippen molar-refractivity contribution in [3.63, 3.8) is 0 Å². The first-order chi connectivity index (χ1) is 5.79. The summed E-state index contributed by atoms with van der Waals surface area (Å²) in [5.74, 6) is -0.314. The number of aliphatic hydroxyl groups is 1. The maximum atomic E-state index is 11.2. The minimum Gasteiger partial charge on any atom is -0.469 e. The Morgan fingerprint density at radius 1 is 1.58 bits per heavy atom. The zero-order valence-electron chi connectivity index (χ0n) is 7.19. The minimum absolute atomic E-state index is 0.0439.